The van der Waals surface area contributed by atoms with Crippen LogP contribution in [0, 0.1) is 5.82 Å². The average Bonchev–Trinajstić information content (AvgIpc) is 2.35. The number of rotatable bonds is 4. The van der Waals surface area contributed by atoms with E-state index in [4.69, 9.17) is 15.2 Å². The fourth-order valence-corrected chi connectivity index (χ4v) is 1.74. The van der Waals surface area contributed by atoms with Gasteiger partial charge in [0.25, 0.3) is 0 Å². The second kappa shape index (κ2) is 5.33. The summed E-state index contributed by atoms with van der Waals surface area (Å²) in [5, 5.41) is 9.35. The Bertz CT molecular complexity index is 398. The summed E-state index contributed by atoms with van der Waals surface area (Å²) in [6, 6.07) is 2.96. The normalized spacial score (nSPS) is 15.7. The van der Waals surface area contributed by atoms with Gasteiger partial charge in [0.15, 0.2) is 11.5 Å². The molecule has 0 radical (unpaired) electrons. The molecule has 17 heavy (non-hydrogen) atoms. The summed E-state index contributed by atoms with van der Waals surface area (Å²) in [7, 11) is 0. The van der Waals surface area contributed by atoms with Crippen LogP contribution in [0.4, 0.5) is 4.39 Å². The summed E-state index contributed by atoms with van der Waals surface area (Å²) in [6.45, 7) is 1.10. The molecular formula is C12H16FNO3. The molecule has 0 saturated heterocycles. The molecule has 1 unspecified atom stereocenters. The molecule has 2 rings (SSSR count). The first-order valence-corrected chi connectivity index (χ1v) is 5.67. The van der Waals surface area contributed by atoms with Gasteiger partial charge in [-0.25, -0.2) is 4.39 Å². The van der Waals surface area contributed by atoms with Crippen LogP contribution in [0.15, 0.2) is 12.1 Å². The number of fused-ring (bicyclic) bond motifs is 1. The monoisotopic (exact) mass is 241 g/mol. The molecule has 0 fully saturated rings. The molecule has 0 amide bonds. The summed E-state index contributed by atoms with van der Waals surface area (Å²) in [4.78, 5) is 0. The van der Waals surface area contributed by atoms with Crippen LogP contribution in [-0.2, 0) is 6.42 Å². The second-order valence-corrected chi connectivity index (χ2v) is 4.02. The van der Waals surface area contributed by atoms with Gasteiger partial charge in [0.1, 0.15) is 19.0 Å². The molecule has 3 N–H and O–H groups in total. The molecule has 1 aromatic carbocycles. The number of hydrogen-bond acceptors (Lipinski definition) is 4. The molecule has 0 bridgehead atoms. The van der Waals surface area contributed by atoms with Gasteiger partial charge in [0.2, 0.25) is 0 Å². The minimum atomic E-state index is -0.595. The lowest BCUT2D eigenvalue weighted by Gasteiger charge is -2.19. The third kappa shape index (κ3) is 2.87. The lowest BCUT2D eigenvalue weighted by molar-refractivity contribution is 0.168. The maximum atomic E-state index is 13.7. The van der Waals surface area contributed by atoms with Crippen LogP contribution < -0.4 is 15.2 Å². The van der Waals surface area contributed by atoms with E-state index in [1.807, 2.05) is 0 Å². The standard InChI is InChI=1S/C12H16FNO3/c13-10-6-12-11(16-3-4-17-12)5-8(10)1-2-9(15)7-14/h5-6,9,15H,1-4,7,14H2. The van der Waals surface area contributed by atoms with Gasteiger partial charge in [0.05, 0.1) is 6.10 Å². The van der Waals surface area contributed by atoms with Crippen molar-refractivity contribution in [3.63, 3.8) is 0 Å². The van der Waals surface area contributed by atoms with Crippen LogP contribution in [0.1, 0.15) is 12.0 Å². The first-order valence-electron chi connectivity index (χ1n) is 5.67. The van der Waals surface area contributed by atoms with E-state index in [1.54, 1.807) is 6.07 Å². The SMILES string of the molecule is NCC(O)CCc1cc2c(cc1F)OCCO2. The molecule has 1 heterocycles. The Balaban J connectivity index is 2.11. The van der Waals surface area contributed by atoms with Crippen LogP contribution in [-0.4, -0.2) is 31.0 Å². The molecule has 1 aliphatic heterocycles. The van der Waals surface area contributed by atoms with Gasteiger partial charge < -0.3 is 20.3 Å². The van der Waals surface area contributed by atoms with Crippen molar-refractivity contribution >= 4 is 0 Å². The minimum absolute atomic E-state index is 0.187. The highest BCUT2D eigenvalue weighted by Crippen LogP contribution is 2.33. The van der Waals surface area contributed by atoms with E-state index < -0.39 is 6.10 Å². The predicted molar refractivity (Wildman–Crippen MR) is 60.8 cm³/mol. The van der Waals surface area contributed by atoms with Gasteiger partial charge in [0, 0.05) is 12.6 Å². The van der Waals surface area contributed by atoms with Crippen molar-refractivity contribution in [3.8, 4) is 11.5 Å². The first kappa shape index (κ1) is 12.1. The maximum Gasteiger partial charge on any atom is 0.164 e. The first-order chi connectivity index (χ1) is 8.20. The number of halogens is 1. The molecule has 1 aromatic rings. The van der Waals surface area contributed by atoms with Gasteiger partial charge in [-0.15, -0.1) is 0 Å². The van der Waals surface area contributed by atoms with Crippen LogP contribution >= 0.6 is 0 Å². The van der Waals surface area contributed by atoms with E-state index in [2.05, 4.69) is 0 Å². The van der Waals surface area contributed by atoms with Crippen LogP contribution in [0.2, 0.25) is 0 Å². The Hall–Kier alpha value is -1.33. The Morgan fingerprint density at radius 2 is 1.94 bits per heavy atom. The van der Waals surface area contributed by atoms with E-state index in [0.29, 0.717) is 43.1 Å². The minimum Gasteiger partial charge on any atom is -0.486 e. The molecule has 1 atom stereocenters. The highest BCUT2D eigenvalue weighted by Gasteiger charge is 2.16. The molecule has 0 aromatic heterocycles. The van der Waals surface area contributed by atoms with Crippen LogP contribution in [0.5, 0.6) is 11.5 Å². The fraction of sp³-hybridized carbons (Fsp3) is 0.500. The molecule has 4 nitrogen and oxygen atoms in total. The Labute approximate surface area is 99.1 Å². The number of aliphatic hydroxyl groups is 1. The van der Waals surface area contributed by atoms with Crippen molar-refractivity contribution in [2.75, 3.05) is 19.8 Å². The second-order valence-electron chi connectivity index (χ2n) is 4.02. The smallest absolute Gasteiger partial charge is 0.164 e. The summed E-state index contributed by atoms with van der Waals surface area (Å²) in [5.41, 5.74) is 5.81. The number of benzene rings is 1. The van der Waals surface area contributed by atoms with Crippen molar-refractivity contribution < 1.29 is 19.0 Å². The van der Waals surface area contributed by atoms with Gasteiger partial charge in [-0.3, -0.25) is 0 Å². The third-order valence-corrected chi connectivity index (χ3v) is 2.73. The topological polar surface area (TPSA) is 64.7 Å². The number of nitrogens with two attached hydrogens (primary N) is 1. The zero-order chi connectivity index (χ0) is 12.3. The molecule has 94 valence electrons. The van der Waals surface area contributed by atoms with Crippen molar-refractivity contribution in [1.29, 1.82) is 0 Å². The number of aliphatic hydroxyl groups excluding tert-OH is 1. The summed E-state index contributed by atoms with van der Waals surface area (Å²) < 4.78 is 24.3. The lowest BCUT2D eigenvalue weighted by Crippen LogP contribution is -2.20. The highest BCUT2D eigenvalue weighted by molar-refractivity contribution is 5.44. The van der Waals surface area contributed by atoms with Gasteiger partial charge in [-0.05, 0) is 24.5 Å². The molecule has 0 spiro atoms. The highest BCUT2D eigenvalue weighted by atomic mass is 19.1. The van der Waals surface area contributed by atoms with E-state index >= 15 is 0 Å². The van der Waals surface area contributed by atoms with Crippen LogP contribution in [0.3, 0.4) is 0 Å². The number of aryl methyl sites for hydroxylation is 1. The molecule has 0 saturated carbocycles. The summed E-state index contributed by atoms with van der Waals surface area (Å²) in [6.07, 6.45) is 0.274. The van der Waals surface area contributed by atoms with E-state index in [0.717, 1.165) is 0 Å². The zero-order valence-electron chi connectivity index (χ0n) is 9.49. The van der Waals surface area contributed by atoms with Crippen molar-refractivity contribution in [3.05, 3.63) is 23.5 Å². The van der Waals surface area contributed by atoms with Crippen molar-refractivity contribution in [1.82, 2.24) is 0 Å². The van der Waals surface area contributed by atoms with Crippen molar-refractivity contribution in [2.45, 2.75) is 18.9 Å². The molecular weight excluding hydrogens is 225 g/mol. The Kier molecular flexibility index (Phi) is 3.81. The third-order valence-electron chi connectivity index (χ3n) is 2.73. The average molecular weight is 241 g/mol. The van der Waals surface area contributed by atoms with E-state index in [1.165, 1.54) is 6.07 Å². The quantitative estimate of drug-likeness (QED) is 0.820. The van der Waals surface area contributed by atoms with E-state index in [9.17, 15) is 9.50 Å². The summed E-state index contributed by atoms with van der Waals surface area (Å²) >= 11 is 0. The number of ether oxygens (including phenoxy) is 2. The van der Waals surface area contributed by atoms with Gasteiger partial charge >= 0.3 is 0 Å². The van der Waals surface area contributed by atoms with Gasteiger partial charge in [-0.1, -0.05) is 0 Å². The van der Waals surface area contributed by atoms with Crippen molar-refractivity contribution in [2.24, 2.45) is 5.73 Å². The largest absolute Gasteiger partial charge is 0.486 e. The van der Waals surface area contributed by atoms with Crippen LogP contribution in [0.25, 0.3) is 0 Å². The maximum absolute atomic E-state index is 13.7. The molecule has 5 heteroatoms. The zero-order valence-corrected chi connectivity index (χ0v) is 9.49. The number of hydrogen-bond donors (Lipinski definition) is 2. The van der Waals surface area contributed by atoms with Gasteiger partial charge in [-0.2, -0.15) is 0 Å². The molecule has 0 aliphatic carbocycles. The molecule has 1 aliphatic rings. The fourth-order valence-electron chi connectivity index (χ4n) is 1.74. The lowest BCUT2D eigenvalue weighted by atomic mass is 10.1. The predicted octanol–water partition coefficient (Wildman–Crippen LogP) is 0.849. The summed E-state index contributed by atoms with van der Waals surface area (Å²) in [5.74, 6) is 0.672. The Morgan fingerprint density at radius 3 is 2.59 bits per heavy atom. The Morgan fingerprint density at radius 1 is 1.29 bits per heavy atom. The van der Waals surface area contributed by atoms with E-state index in [-0.39, 0.29) is 12.4 Å².